The molecule has 9 heteroatoms. The first-order chi connectivity index (χ1) is 15.2. The lowest BCUT2D eigenvalue weighted by Gasteiger charge is -2.28. The van der Waals surface area contributed by atoms with Gasteiger partial charge < -0.3 is 14.8 Å². The number of anilines is 2. The van der Waals surface area contributed by atoms with E-state index in [-0.39, 0.29) is 0 Å². The number of halogens is 1. The van der Waals surface area contributed by atoms with Crippen LogP contribution in [0.5, 0.6) is 17.2 Å². The summed E-state index contributed by atoms with van der Waals surface area (Å²) in [5.41, 5.74) is 0.672. The Hall–Kier alpha value is -3.23. The fraction of sp³-hybridized carbons (Fsp3) is 0.174. The van der Waals surface area contributed by atoms with Crippen molar-refractivity contribution in [3.8, 4) is 17.2 Å². The van der Waals surface area contributed by atoms with Crippen molar-refractivity contribution < 1.29 is 22.7 Å². The van der Waals surface area contributed by atoms with Gasteiger partial charge in [-0.15, -0.1) is 0 Å². The Labute approximate surface area is 192 Å². The number of nitrogens with zero attached hydrogens (tertiary/aromatic N) is 1. The maximum atomic E-state index is 12.9. The molecule has 3 aromatic carbocycles. The number of ether oxygens (including phenoxy) is 2. The second-order valence-electron chi connectivity index (χ2n) is 6.98. The zero-order valence-electron chi connectivity index (χ0n) is 17.8. The number of carbonyl (C=O) groups is 1. The summed E-state index contributed by atoms with van der Waals surface area (Å²) in [4.78, 5) is 12.9. The Morgan fingerprint density at radius 3 is 2.22 bits per heavy atom. The van der Waals surface area contributed by atoms with Gasteiger partial charge in [0.1, 0.15) is 23.3 Å². The van der Waals surface area contributed by atoms with E-state index in [4.69, 9.17) is 21.1 Å². The van der Waals surface area contributed by atoms with Crippen molar-refractivity contribution in [3.63, 3.8) is 0 Å². The molecule has 0 aliphatic carbocycles. The summed E-state index contributed by atoms with van der Waals surface area (Å²) < 4.78 is 37.1. The molecule has 0 bridgehead atoms. The molecule has 7 nitrogen and oxygen atoms in total. The van der Waals surface area contributed by atoms with Gasteiger partial charge in [0.05, 0.1) is 24.7 Å². The minimum absolute atomic E-state index is 0.327. The second-order valence-corrected chi connectivity index (χ2v) is 9.27. The zero-order valence-corrected chi connectivity index (χ0v) is 19.4. The van der Waals surface area contributed by atoms with Crippen LogP contribution >= 0.6 is 11.6 Å². The lowest BCUT2D eigenvalue weighted by atomic mass is 10.2. The van der Waals surface area contributed by atoms with Gasteiger partial charge in [-0.05, 0) is 61.5 Å². The molecule has 1 N–H and O–H groups in total. The van der Waals surface area contributed by atoms with E-state index in [2.05, 4.69) is 5.32 Å². The predicted molar refractivity (Wildman–Crippen MR) is 126 cm³/mol. The van der Waals surface area contributed by atoms with E-state index in [1.807, 2.05) is 30.3 Å². The lowest BCUT2D eigenvalue weighted by molar-refractivity contribution is -0.116. The highest BCUT2D eigenvalue weighted by Gasteiger charge is 2.29. The van der Waals surface area contributed by atoms with Gasteiger partial charge in [0.25, 0.3) is 0 Å². The van der Waals surface area contributed by atoms with Crippen molar-refractivity contribution in [2.75, 3.05) is 23.0 Å². The number of para-hydroxylation sites is 1. The highest BCUT2D eigenvalue weighted by Crippen LogP contribution is 2.30. The maximum absolute atomic E-state index is 12.9. The second kappa shape index (κ2) is 9.93. The van der Waals surface area contributed by atoms with Gasteiger partial charge in [0.15, 0.2) is 0 Å². The summed E-state index contributed by atoms with van der Waals surface area (Å²) in [7, 11) is -2.31. The molecule has 0 aromatic heterocycles. The molecule has 0 radical (unpaired) electrons. The molecular formula is C23H23ClN2O5S. The summed E-state index contributed by atoms with van der Waals surface area (Å²) >= 11 is 6.02. The molecule has 0 heterocycles. The van der Waals surface area contributed by atoms with Crippen molar-refractivity contribution in [1.82, 2.24) is 0 Å². The molecule has 0 aliphatic heterocycles. The van der Waals surface area contributed by atoms with Crippen LogP contribution in [0.2, 0.25) is 5.02 Å². The van der Waals surface area contributed by atoms with Gasteiger partial charge in [0, 0.05) is 5.02 Å². The average molecular weight is 475 g/mol. The summed E-state index contributed by atoms with van der Waals surface area (Å²) in [5, 5.41) is 3.09. The van der Waals surface area contributed by atoms with Gasteiger partial charge in [-0.1, -0.05) is 29.8 Å². The van der Waals surface area contributed by atoms with Crippen LogP contribution in [0, 0.1) is 0 Å². The number of benzene rings is 3. The quantitative estimate of drug-likeness (QED) is 0.500. The first-order valence-electron chi connectivity index (χ1n) is 9.66. The molecule has 32 heavy (non-hydrogen) atoms. The molecule has 0 saturated carbocycles. The largest absolute Gasteiger partial charge is 0.495 e. The molecule has 0 fully saturated rings. The summed E-state index contributed by atoms with van der Waals surface area (Å²) in [5.74, 6) is 1.06. The van der Waals surface area contributed by atoms with Crippen LogP contribution in [-0.4, -0.2) is 33.7 Å². The molecule has 1 atom stereocenters. The van der Waals surface area contributed by atoms with Crippen molar-refractivity contribution >= 4 is 38.9 Å². The highest BCUT2D eigenvalue weighted by atomic mass is 35.5. The Morgan fingerprint density at radius 1 is 1.00 bits per heavy atom. The van der Waals surface area contributed by atoms with E-state index >= 15 is 0 Å². The number of carbonyl (C=O) groups excluding carboxylic acids is 1. The number of amides is 1. The fourth-order valence-electron chi connectivity index (χ4n) is 3.11. The Kier molecular flexibility index (Phi) is 7.27. The topological polar surface area (TPSA) is 84.9 Å². The number of hydrogen-bond donors (Lipinski definition) is 1. The highest BCUT2D eigenvalue weighted by molar-refractivity contribution is 7.92. The van der Waals surface area contributed by atoms with Gasteiger partial charge in [-0.3, -0.25) is 9.10 Å². The van der Waals surface area contributed by atoms with Gasteiger partial charge in [-0.25, -0.2) is 8.42 Å². The third kappa shape index (κ3) is 5.72. The van der Waals surface area contributed by atoms with Crippen LogP contribution in [0.15, 0.2) is 72.8 Å². The third-order valence-electron chi connectivity index (χ3n) is 4.58. The summed E-state index contributed by atoms with van der Waals surface area (Å²) in [6.07, 6.45) is 1.05. The Balaban J connectivity index is 1.83. The zero-order chi connectivity index (χ0) is 23.3. The molecule has 0 saturated heterocycles. The summed E-state index contributed by atoms with van der Waals surface area (Å²) in [6.45, 7) is 1.50. The molecule has 1 unspecified atom stereocenters. The van der Waals surface area contributed by atoms with E-state index in [1.54, 1.807) is 36.4 Å². The smallest absolute Gasteiger partial charge is 0.248 e. The Bertz CT molecular complexity index is 1180. The van der Waals surface area contributed by atoms with Crippen molar-refractivity contribution in [1.29, 1.82) is 0 Å². The lowest BCUT2D eigenvalue weighted by Crippen LogP contribution is -2.45. The third-order valence-corrected chi connectivity index (χ3v) is 6.05. The van der Waals surface area contributed by atoms with E-state index in [0.29, 0.717) is 33.6 Å². The van der Waals surface area contributed by atoms with Gasteiger partial charge >= 0.3 is 0 Å². The normalized spacial score (nSPS) is 12.0. The SMILES string of the molecule is COc1ccc(Cl)cc1NC(=O)C(C)N(c1ccc(Oc2ccccc2)cc1)S(C)(=O)=O. The number of rotatable bonds is 8. The number of nitrogens with one attached hydrogen (secondary N) is 1. The molecule has 0 aliphatic rings. The van der Waals surface area contributed by atoms with Crippen molar-refractivity contribution in [2.24, 2.45) is 0 Å². The molecule has 3 aromatic rings. The molecular weight excluding hydrogens is 452 g/mol. The van der Waals surface area contributed by atoms with Crippen molar-refractivity contribution in [3.05, 3.63) is 77.8 Å². The number of methoxy groups -OCH3 is 1. The number of hydrogen-bond acceptors (Lipinski definition) is 5. The molecule has 1 amide bonds. The fourth-order valence-corrected chi connectivity index (χ4v) is 4.46. The standard InChI is InChI=1S/C23H23ClN2O5S/c1-16(23(27)25-21-15-17(24)9-14-22(21)30-2)26(32(3,28)29)18-10-12-20(13-11-18)31-19-7-5-4-6-8-19/h4-16H,1-3H3,(H,25,27). The minimum Gasteiger partial charge on any atom is -0.495 e. The van der Waals surface area contributed by atoms with Crippen LogP contribution < -0.4 is 19.1 Å². The Morgan fingerprint density at radius 2 is 1.62 bits per heavy atom. The van der Waals surface area contributed by atoms with Gasteiger partial charge in [0.2, 0.25) is 15.9 Å². The minimum atomic E-state index is -3.78. The van der Waals surface area contributed by atoms with Crippen LogP contribution in [0.1, 0.15) is 6.92 Å². The van der Waals surface area contributed by atoms with E-state index in [9.17, 15) is 13.2 Å². The molecule has 3 rings (SSSR count). The monoisotopic (exact) mass is 474 g/mol. The predicted octanol–water partition coefficient (Wildman–Crippen LogP) is 4.93. The number of sulfonamides is 1. The van der Waals surface area contributed by atoms with Gasteiger partial charge in [-0.2, -0.15) is 0 Å². The molecule has 168 valence electrons. The summed E-state index contributed by atoms with van der Waals surface area (Å²) in [6, 6.07) is 19.4. The van der Waals surface area contributed by atoms with Crippen LogP contribution in [-0.2, 0) is 14.8 Å². The molecule has 0 spiro atoms. The van der Waals surface area contributed by atoms with Crippen molar-refractivity contribution in [2.45, 2.75) is 13.0 Å². The van der Waals surface area contributed by atoms with E-state index in [1.165, 1.54) is 20.1 Å². The van der Waals surface area contributed by atoms with E-state index < -0.39 is 22.0 Å². The first kappa shape index (κ1) is 23.4. The maximum Gasteiger partial charge on any atom is 0.248 e. The van der Waals surface area contributed by atoms with Crippen LogP contribution in [0.4, 0.5) is 11.4 Å². The van der Waals surface area contributed by atoms with Crippen LogP contribution in [0.3, 0.4) is 0 Å². The first-order valence-corrected chi connectivity index (χ1v) is 11.9. The van der Waals surface area contributed by atoms with E-state index in [0.717, 1.165) is 10.6 Å². The van der Waals surface area contributed by atoms with Crippen LogP contribution in [0.25, 0.3) is 0 Å². The average Bonchev–Trinajstić information content (AvgIpc) is 2.75.